The van der Waals surface area contributed by atoms with Gasteiger partial charge in [0.25, 0.3) is 0 Å². The van der Waals surface area contributed by atoms with E-state index in [2.05, 4.69) is 30.7 Å². The fraction of sp³-hybridized carbons (Fsp3) is 0.222. The van der Waals surface area contributed by atoms with Gasteiger partial charge in [-0.3, -0.25) is 4.79 Å². The third-order valence-electron chi connectivity index (χ3n) is 4.08. The predicted octanol–water partition coefficient (Wildman–Crippen LogP) is 3.67. The number of nitrogens with one attached hydrogen (secondary N) is 2. The predicted molar refractivity (Wildman–Crippen MR) is 111 cm³/mol. The number of halogens is 1. The summed E-state index contributed by atoms with van der Waals surface area (Å²) in [6, 6.07) is 10.9. The number of pyridine rings is 1. The summed E-state index contributed by atoms with van der Waals surface area (Å²) in [4.78, 5) is 19.0. The second-order valence-electron chi connectivity index (χ2n) is 5.98. The first-order valence-corrected chi connectivity index (χ1v) is 10.2. The van der Waals surface area contributed by atoms with Crippen LogP contribution in [-0.4, -0.2) is 45.7 Å². The van der Waals surface area contributed by atoms with Crippen LogP contribution in [0.3, 0.4) is 0 Å². The molecule has 1 amide bonds. The van der Waals surface area contributed by atoms with E-state index in [1.807, 2.05) is 30.0 Å². The molecule has 28 heavy (non-hydrogen) atoms. The van der Waals surface area contributed by atoms with E-state index in [0.717, 1.165) is 30.4 Å². The maximum Gasteiger partial charge on any atom is 0.320 e. The number of thioether (sulfide) groups is 1. The molecule has 4 rings (SSSR count). The summed E-state index contributed by atoms with van der Waals surface area (Å²) in [6.45, 7) is 1.96. The first-order chi connectivity index (χ1) is 13.7. The summed E-state index contributed by atoms with van der Waals surface area (Å²) in [5.41, 5.74) is 1.16. The van der Waals surface area contributed by atoms with Crippen LogP contribution in [0.25, 0.3) is 0 Å². The summed E-state index contributed by atoms with van der Waals surface area (Å²) in [6.07, 6.45) is 1.62. The Morgan fingerprint density at radius 1 is 1.14 bits per heavy atom. The van der Waals surface area contributed by atoms with Gasteiger partial charge < -0.3 is 20.0 Å². The minimum absolute atomic E-state index is 0.0784. The van der Waals surface area contributed by atoms with Gasteiger partial charge in [0.05, 0.1) is 22.6 Å². The Morgan fingerprint density at radius 2 is 1.96 bits per heavy atom. The van der Waals surface area contributed by atoms with Gasteiger partial charge in [0, 0.05) is 24.6 Å². The quantitative estimate of drug-likeness (QED) is 0.650. The minimum Gasteiger partial charge on any atom is -0.399 e. The molecule has 0 spiro atoms. The molecular formula is C18H17ClN6O2S. The van der Waals surface area contributed by atoms with Crippen molar-refractivity contribution in [3.63, 3.8) is 0 Å². The molecule has 0 aliphatic carbocycles. The van der Waals surface area contributed by atoms with Crippen LogP contribution >= 0.6 is 23.4 Å². The monoisotopic (exact) mass is 416 g/mol. The second kappa shape index (κ2) is 8.49. The highest BCUT2D eigenvalue weighted by Crippen LogP contribution is 2.24. The first-order valence-electron chi connectivity index (χ1n) is 8.64. The Labute approximate surface area is 170 Å². The number of carbonyl (C=O) groups is 1. The normalized spacial score (nSPS) is 14.0. The molecule has 8 nitrogen and oxygen atoms in total. The molecule has 144 valence electrons. The lowest BCUT2D eigenvalue weighted by atomic mass is 10.3. The van der Waals surface area contributed by atoms with Crippen LogP contribution in [0.4, 0.5) is 23.2 Å². The number of carbonyl (C=O) groups excluding carboxylic acids is 1. The van der Waals surface area contributed by atoms with Gasteiger partial charge in [0.2, 0.25) is 0 Å². The number of hydrogen-bond acceptors (Lipinski definition) is 8. The third kappa shape index (κ3) is 4.37. The lowest BCUT2D eigenvalue weighted by Crippen LogP contribution is -2.33. The third-order valence-corrected chi connectivity index (χ3v) is 5.35. The van der Waals surface area contributed by atoms with Gasteiger partial charge in [-0.1, -0.05) is 28.8 Å². The van der Waals surface area contributed by atoms with Gasteiger partial charge in [-0.25, -0.2) is 4.98 Å². The average Bonchev–Trinajstić information content (AvgIpc) is 3.20. The van der Waals surface area contributed by atoms with E-state index in [9.17, 15) is 4.79 Å². The Kier molecular flexibility index (Phi) is 5.63. The summed E-state index contributed by atoms with van der Waals surface area (Å²) in [7, 11) is 0. The standard InChI is InChI=1S/C18H17ClN6O2S/c19-13-3-1-2-4-14(13)22-18-24-23-17(27-18)16(26)21-12-5-6-15(20-11-12)25-7-9-28-10-8-25/h1-6,11H,7-10H2,(H,21,26)(H,22,24). The molecule has 2 aromatic heterocycles. The number of nitrogens with zero attached hydrogens (tertiary/aromatic N) is 4. The van der Waals surface area contributed by atoms with E-state index in [1.165, 1.54) is 0 Å². The molecule has 2 N–H and O–H groups in total. The maximum absolute atomic E-state index is 12.3. The zero-order valence-electron chi connectivity index (χ0n) is 14.8. The number of rotatable bonds is 5. The molecule has 0 atom stereocenters. The van der Waals surface area contributed by atoms with E-state index in [-0.39, 0.29) is 11.9 Å². The molecule has 0 bridgehead atoms. The van der Waals surface area contributed by atoms with Crippen LogP contribution in [0, 0.1) is 0 Å². The van der Waals surface area contributed by atoms with Crippen molar-refractivity contribution in [1.82, 2.24) is 15.2 Å². The van der Waals surface area contributed by atoms with Crippen LogP contribution in [-0.2, 0) is 0 Å². The van der Waals surface area contributed by atoms with Crippen molar-refractivity contribution in [3.8, 4) is 0 Å². The summed E-state index contributed by atoms with van der Waals surface area (Å²) < 4.78 is 5.36. The molecule has 1 aromatic carbocycles. The highest BCUT2D eigenvalue weighted by atomic mass is 35.5. The lowest BCUT2D eigenvalue weighted by Gasteiger charge is -2.27. The summed E-state index contributed by atoms with van der Waals surface area (Å²) >= 11 is 8.02. The van der Waals surface area contributed by atoms with Crippen LogP contribution in [0.2, 0.25) is 5.02 Å². The van der Waals surface area contributed by atoms with Gasteiger partial charge in [0.15, 0.2) is 0 Å². The Morgan fingerprint density at radius 3 is 2.71 bits per heavy atom. The molecule has 0 saturated carbocycles. The van der Waals surface area contributed by atoms with Crippen LogP contribution in [0.5, 0.6) is 0 Å². The van der Waals surface area contributed by atoms with E-state index in [4.69, 9.17) is 16.0 Å². The fourth-order valence-corrected chi connectivity index (χ4v) is 3.75. The van der Waals surface area contributed by atoms with Crippen LogP contribution in [0.1, 0.15) is 10.7 Å². The molecule has 0 radical (unpaired) electrons. The number of para-hydroxylation sites is 1. The molecule has 1 saturated heterocycles. The fourth-order valence-electron chi connectivity index (χ4n) is 2.67. The zero-order chi connectivity index (χ0) is 19.3. The van der Waals surface area contributed by atoms with E-state index >= 15 is 0 Å². The summed E-state index contributed by atoms with van der Waals surface area (Å²) in [5.74, 6) is 2.43. The van der Waals surface area contributed by atoms with Crippen molar-refractivity contribution in [3.05, 3.63) is 53.5 Å². The molecule has 10 heteroatoms. The van der Waals surface area contributed by atoms with Crippen LogP contribution < -0.4 is 15.5 Å². The van der Waals surface area contributed by atoms with Gasteiger partial charge in [-0.15, -0.1) is 5.10 Å². The van der Waals surface area contributed by atoms with Crippen molar-refractivity contribution >= 4 is 52.5 Å². The maximum atomic E-state index is 12.3. The van der Waals surface area contributed by atoms with Crippen molar-refractivity contribution in [1.29, 1.82) is 0 Å². The highest BCUT2D eigenvalue weighted by molar-refractivity contribution is 7.99. The van der Waals surface area contributed by atoms with Crippen molar-refractivity contribution in [2.24, 2.45) is 0 Å². The Hall–Kier alpha value is -2.78. The highest BCUT2D eigenvalue weighted by Gasteiger charge is 2.17. The lowest BCUT2D eigenvalue weighted by molar-refractivity contribution is 0.0991. The average molecular weight is 417 g/mol. The van der Waals surface area contributed by atoms with Gasteiger partial charge in [0.1, 0.15) is 5.82 Å². The van der Waals surface area contributed by atoms with Gasteiger partial charge in [-0.2, -0.15) is 11.8 Å². The van der Waals surface area contributed by atoms with Crippen molar-refractivity contribution in [2.45, 2.75) is 0 Å². The Bertz CT molecular complexity index is 959. The number of anilines is 4. The molecule has 3 heterocycles. The second-order valence-corrected chi connectivity index (χ2v) is 7.61. The molecule has 1 aliphatic heterocycles. The van der Waals surface area contributed by atoms with Crippen LogP contribution in [0.15, 0.2) is 47.0 Å². The van der Waals surface area contributed by atoms with Gasteiger partial charge >= 0.3 is 17.8 Å². The van der Waals surface area contributed by atoms with E-state index < -0.39 is 5.91 Å². The van der Waals surface area contributed by atoms with E-state index in [0.29, 0.717) is 16.4 Å². The Balaban J connectivity index is 1.38. The number of hydrogen-bond donors (Lipinski definition) is 2. The molecule has 0 unspecified atom stereocenters. The molecule has 1 aliphatic rings. The topological polar surface area (TPSA) is 96.2 Å². The SMILES string of the molecule is O=C(Nc1ccc(N2CCSCC2)nc1)c1nnc(Nc2ccccc2Cl)o1. The van der Waals surface area contributed by atoms with Gasteiger partial charge in [-0.05, 0) is 24.3 Å². The van der Waals surface area contributed by atoms with E-state index in [1.54, 1.807) is 24.4 Å². The summed E-state index contributed by atoms with van der Waals surface area (Å²) in [5, 5.41) is 13.7. The first kappa shape index (κ1) is 18.6. The zero-order valence-corrected chi connectivity index (χ0v) is 16.3. The number of benzene rings is 1. The molecule has 3 aromatic rings. The molecular weight excluding hydrogens is 400 g/mol. The smallest absolute Gasteiger partial charge is 0.320 e. The largest absolute Gasteiger partial charge is 0.399 e. The van der Waals surface area contributed by atoms with Crippen molar-refractivity contribution in [2.75, 3.05) is 40.1 Å². The number of amides is 1. The van der Waals surface area contributed by atoms with Crippen molar-refractivity contribution < 1.29 is 9.21 Å². The number of aromatic nitrogens is 3. The minimum atomic E-state index is -0.511. The molecule has 1 fully saturated rings.